The van der Waals surface area contributed by atoms with Crippen LogP contribution < -0.4 is 5.32 Å². The summed E-state index contributed by atoms with van der Waals surface area (Å²) in [5.41, 5.74) is 0.578. The van der Waals surface area contributed by atoms with Crippen LogP contribution >= 0.6 is 22.6 Å². The molecule has 0 bridgehead atoms. The minimum atomic E-state index is -0.436. The molecule has 0 aliphatic carbocycles. The predicted molar refractivity (Wildman–Crippen MR) is 91.7 cm³/mol. The molecule has 0 radical (unpaired) electrons. The lowest BCUT2D eigenvalue weighted by atomic mass is 9.89. The fraction of sp³-hybridized carbons (Fsp3) is 0.733. The van der Waals surface area contributed by atoms with Crippen LogP contribution in [0.1, 0.15) is 45.1 Å². The number of hydrogen-bond donors (Lipinski definition) is 1. The number of nitrogens with one attached hydrogen (secondary N) is 1. The summed E-state index contributed by atoms with van der Waals surface area (Å²) in [7, 11) is 3.63. The molecule has 0 aromatic carbocycles. The van der Waals surface area contributed by atoms with Crippen LogP contribution in [0.25, 0.3) is 0 Å². The topological polar surface area (TPSA) is 56.3 Å². The van der Waals surface area contributed by atoms with E-state index in [0.717, 1.165) is 33.7 Å². The van der Waals surface area contributed by atoms with E-state index >= 15 is 0 Å². The van der Waals surface area contributed by atoms with E-state index in [2.05, 4.69) is 48.7 Å². The number of anilines is 1. The van der Waals surface area contributed by atoms with Gasteiger partial charge in [0.1, 0.15) is 11.4 Å². The van der Waals surface area contributed by atoms with E-state index < -0.39 is 5.60 Å². The summed E-state index contributed by atoms with van der Waals surface area (Å²) in [6.07, 6.45) is 1.58. The summed E-state index contributed by atoms with van der Waals surface area (Å²) < 4.78 is 12.4. The highest BCUT2D eigenvalue weighted by molar-refractivity contribution is 14.1. The van der Waals surface area contributed by atoms with Gasteiger partial charge in [-0.1, -0.05) is 20.8 Å². The lowest BCUT2D eigenvalue weighted by Crippen LogP contribution is -2.38. The van der Waals surface area contributed by atoms with E-state index in [0.29, 0.717) is 13.2 Å². The fourth-order valence-electron chi connectivity index (χ4n) is 2.53. The molecule has 118 valence electrons. The fourth-order valence-corrected chi connectivity index (χ4v) is 3.85. The van der Waals surface area contributed by atoms with Gasteiger partial charge in [-0.25, -0.2) is 9.97 Å². The van der Waals surface area contributed by atoms with E-state index in [9.17, 15) is 0 Å². The van der Waals surface area contributed by atoms with Gasteiger partial charge >= 0.3 is 0 Å². The number of ether oxygens (including phenoxy) is 2. The van der Waals surface area contributed by atoms with Gasteiger partial charge < -0.3 is 14.8 Å². The maximum atomic E-state index is 5.84. The van der Waals surface area contributed by atoms with Crippen LogP contribution in [0.3, 0.4) is 0 Å². The summed E-state index contributed by atoms with van der Waals surface area (Å²) in [4.78, 5) is 9.60. The molecule has 1 N–H and O–H groups in total. The van der Waals surface area contributed by atoms with Crippen molar-refractivity contribution < 1.29 is 9.47 Å². The zero-order valence-corrected chi connectivity index (χ0v) is 15.6. The minimum absolute atomic E-state index is 0.0418. The van der Waals surface area contributed by atoms with Gasteiger partial charge in [-0.15, -0.1) is 0 Å². The molecule has 1 saturated heterocycles. The Morgan fingerprint density at radius 2 is 1.86 bits per heavy atom. The third-order valence-corrected chi connectivity index (χ3v) is 4.92. The van der Waals surface area contributed by atoms with Crippen molar-refractivity contribution in [2.75, 3.05) is 32.7 Å². The maximum absolute atomic E-state index is 5.84. The van der Waals surface area contributed by atoms with Crippen molar-refractivity contribution in [2.45, 2.75) is 44.6 Å². The van der Waals surface area contributed by atoms with Crippen molar-refractivity contribution in [1.29, 1.82) is 0 Å². The smallest absolute Gasteiger partial charge is 0.163 e. The molecule has 0 spiro atoms. The van der Waals surface area contributed by atoms with Crippen molar-refractivity contribution in [2.24, 2.45) is 0 Å². The van der Waals surface area contributed by atoms with Crippen molar-refractivity contribution >= 4 is 28.4 Å². The van der Waals surface area contributed by atoms with Crippen LogP contribution in [-0.4, -0.2) is 37.3 Å². The second-order valence-electron chi connectivity index (χ2n) is 6.37. The quantitative estimate of drug-likeness (QED) is 0.784. The Hall–Kier alpha value is -0.470. The van der Waals surface area contributed by atoms with Gasteiger partial charge in [0.2, 0.25) is 0 Å². The average molecular weight is 405 g/mol. The van der Waals surface area contributed by atoms with Gasteiger partial charge in [0.15, 0.2) is 5.82 Å². The van der Waals surface area contributed by atoms with E-state index in [1.54, 1.807) is 7.11 Å². The highest BCUT2D eigenvalue weighted by Gasteiger charge is 2.39. The van der Waals surface area contributed by atoms with Crippen LogP contribution in [0.15, 0.2) is 0 Å². The molecular formula is C15H24IN3O2. The third-order valence-electron chi connectivity index (χ3n) is 3.90. The first-order chi connectivity index (χ1) is 9.84. The summed E-state index contributed by atoms with van der Waals surface area (Å²) in [5, 5.41) is 3.18. The molecule has 2 rings (SSSR count). The first kappa shape index (κ1) is 16.9. The average Bonchev–Trinajstić information content (AvgIpc) is 2.47. The molecule has 0 atom stereocenters. The van der Waals surface area contributed by atoms with Crippen LogP contribution in [0.2, 0.25) is 0 Å². The molecular weight excluding hydrogens is 381 g/mol. The van der Waals surface area contributed by atoms with E-state index in [1.807, 2.05) is 7.05 Å². The Balaban J connectivity index is 2.58. The number of methoxy groups -OCH3 is 1. The van der Waals surface area contributed by atoms with E-state index in [1.165, 1.54) is 0 Å². The Morgan fingerprint density at radius 1 is 1.24 bits per heavy atom. The number of hydrogen-bond acceptors (Lipinski definition) is 5. The molecule has 1 aromatic rings. The predicted octanol–water partition coefficient (Wildman–Crippen LogP) is 3.07. The molecule has 6 heteroatoms. The summed E-state index contributed by atoms with van der Waals surface area (Å²) in [6, 6.07) is 0. The second kappa shape index (κ2) is 6.34. The van der Waals surface area contributed by atoms with Crippen LogP contribution in [-0.2, 0) is 20.5 Å². The first-order valence-corrected chi connectivity index (χ1v) is 8.31. The summed E-state index contributed by atoms with van der Waals surface area (Å²) >= 11 is 2.32. The SMILES string of the molecule is CNc1nc(C2(OC)CCOCC2)nc(C(C)(C)C)c1I. The van der Waals surface area contributed by atoms with Gasteiger partial charge in [-0.05, 0) is 22.6 Å². The highest BCUT2D eigenvalue weighted by atomic mass is 127. The van der Waals surface area contributed by atoms with Gasteiger partial charge in [0, 0.05) is 45.6 Å². The molecule has 0 amide bonds. The first-order valence-electron chi connectivity index (χ1n) is 7.23. The molecule has 1 aromatic heterocycles. The number of halogens is 1. The monoisotopic (exact) mass is 405 g/mol. The molecule has 1 aliphatic heterocycles. The molecule has 1 fully saturated rings. The standard InChI is InChI=1S/C15H24IN3O2/c1-14(2,3)11-10(16)12(17-4)19-13(18-11)15(20-5)6-8-21-9-7-15/h6-9H2,1-5H3,(H,17,18,19). The van der Waals surface area contributed by atoms with Crippen molar-refractivity contribution in [3.63, 3.8) is 0 Å². The zero-order chi connectivity index (χ0) is 15.7. The molecule has 2 heterocycles. The highest BCUT2D eigenvalue weighted by Crippen LogP contribution is 2.37. The summed E-state index contributed by atoms with van der Waals surface area (Å²) in [6.45, 7) is 7.88. The van der Waals surface area contributed by atoms with Gasteiger partial charge in [-0.2, -0.15) is 0 Å². The Labute approximate surface area is 140 Å². The summed E-state index contributed by atoms with van der Waals surface area (Å²) in [5.74, 6) is 1.64. The van der Waals surface area contributed by atoms with Crippen LogP contribution in [0, 0.1) is 3.57 Å². The largest absolute Gasteiger partial charge is 0.381 e. The Kier molecular flexibility index (Phi) is 5.10. The van der Waals surface area contributed by atoms with Gasteiger partial charge in [-0.3, -0.25) is 0 Å². The normalized spacial score (nSPS) is 18.6. The van der Waals surface area contributed by atoms with Crippen LogP contribution in [0.5, 0.6) is 0 Å². The van der Waals surface area contributed by atoms with Gasteiger partial charge in [0.25, 0.3) is 0 Å². The van der Waals surface area contributed by atoms with Gasteiger partial charge in [0.05, 0.1) is 9.26 Å². The van der Waals surface area contributed by atoms with E-state index in [-0.39, 0.29) is 5.41 Å². The maximum Gasteiger partial charge on any atom is 0.163 e. The molecule has 0 saturated carbocycles. The molecule has 0 unspecified atom stereocenters. The van der Waals surface area contributed by atoms with E-state index in [4.69, 9.17) is 19.4 Å². The molecule has 1 aliphatic rings. The number of nitrogens with zero attached hydrogens (tertiary/aromatic N) is 2. The number of rotatable bonds is 3. The van der Waals surface area contributed by atoms with Crippen molar-refractivity contribution in [3.05, 3.63) is 15.1 Å². The van der Waals surface area contributed by atoms with Crippen molar-refractivity contribution in [1.82, 2.24) is 9.97 Å². The van der Waals surface area contributed by atoms with Crippen molar-refractivity contribution in [3.8, 4) is 0 Å². The van der Waals surface area contributed by atoms with Crippen LogP contribution in [0.4, 0.5) is 5.82 Å². The lowest BCUT2D eigenvalue weighted by molar-refractivity contribution is -0.100. The second-order valence-corrected chi connectivity index (χ2v) is 7.45. The molecule has 5 nitrogen and oxygen atoms in total. The lowest BCUT2D eigenvalue weighted by Gasteiger charge is -2.35. The minimum Gasteiger partial charge on any atom is -0.381 e. The Bertz CT molecular complexity index is 508. The molecule has 21 heavy (non-hydrogen) atoms. The number of aromatic nitrogens is 2. The Morgan fingerprint density at radius 3 is 2.33 bits per heavy atom. The third kappa shape index (κ3) is 3.32. The zero-order valence-electron chi connectivity index (χ0n) is 13.4.